The van der Waals surface area contributed by atoms with Crippen LogP contribution in [0.15, 0.2) is 29.6 Å². The zero-order chi connectivity index (χ0) is 18.4. The van der Waals surface area contributed by atoms with E-state index in [4.69, 9.17) is 4.98 Å². The Hall–Kier alpha value is -1.88. The summed E-state index contributed by atoms with van der Waals surface area (Å²) in [5.74, 6) is 0.245. The number of hydrogen-bond donors (Lipinski definition) is 1. The van der Waals surface area contributed by atoms with Gasteiger partial charge in [0.05, 0.1) is 5.69 Å². The maximum absolute atomic E-state index is 12.4. The van der Waals surface area contributed by atoms with Gasteiger partial charge in [0.15, 0.2) is 5.13 Å². The first-order valence-electron chi connectivity index (χ1n) is 9.83. The Labute approximate surface area is 160 Å². The fraction of sp³-hybridized carbons (Fsp3) is 0.524. The van der Waals surface area contributed by atoms with Gasteiger partial charge in [0, 0.05) is 35.6 Å². The van der Waals surface area contributed by atoms with Crippen molar-refractivity contribution in [2.75, 3.05) is 23.3 Å². The van der Waals surface area contributed by atoms with Gasteiger partial charge in [-0.3, -0.25) is 4.79 Å². The minimum absolute atomic E-state index is 0.108. The molecule has 1 fully saturated rings. The minimum atomic E-state index is 0.108. The van der Waals surface area contributed by atoms with Crippen LogP contribution in [-0.4, -0.2) is 24.0 Å². The highest BCUT2D eigenvalue weighted by molar-refractivity contribution is 7.14. The van der Waals surface area contributed by atoms with Crippen LogP contribution in [0.4, 0.5) is 10.8 Å². The van der Waals surface area contributed by atoms with E-state index < -0.39 is 0 Å². The Morgan fingerprint density at radius 3 is 2.62 bits per heavy atom. The Morgan fingerprint density at radius 2 is 1.96 bits per heavy atom. The quantitative estimate of drug-likeness (QED) is 0.660. The SMILES string of the molecule is CCCC[C@H](CC)C(=O)Nc1ccc(-c2csc(N3CCCC3)n2)cc1. The number of amides is 1. The first kappa shape index (κ1) is 18.9. The lowest BCUT2D eigenvalue weighted by Gasteiger charge is -2.14. The van der Waals surface area contributed by atoms with Gasteiger partial charge >= 0.3 is 0 Å². The van der Waals surface area contributed by atoms with Crippen molar-refractivity contribution < 1.29 is 4.79 Å². The summed E-state index contributed by atoms with van der Waals surface area (Å²) < 4.78 is 0. The Balaban J connectivity index is 1.62. The van der Waals surface area contributed by atoms with Gasteiger partial charge in [0.2, 0.25) is 5.91 Å². The molecule has 0 radical (unpaired) electrons. The summed E-state index contributed by atoms with van der Waals surface area (Å²) >= 11 is 1.72. The maximum atomic E-state index is 12.4. The molecular weight excluding hydrogens is 342 g/mol. The second kappa shape index (κ2) is 9.17. The summed E-state index contributed by atoms with van der Waals surface area (Å²) in [6.07, 6.45) is 6.62. The third-order valence-corrected chi connectivity index (χ3v) is 5.99. The molecule has 140 valence electrons. The molecule has 2 heterocycles. The number of carbonyl (C=O) groups excluding carboxylic acids is 1. The van der Waals surface area contributed by atoms with E-state index in [9.17, 15) is 4.79 Å². The normalized spacial score (nSPS) is 15.2. The van der Waals surface area contributed by atoms with E-state index in [0.717, 1.165) is 60.8 Å². The summed E-state index contributed by atoms with van der Waals surface area (Å²) in [5.41, 5.74) is 2.98. The van der Waals surface area contributed by atoms with Crippen LogP contribution in [0, 0.1) is 5.92 Å². The fourth-order valence-electron chi connectivity index (χ4n) is 3.39. The molecule has 0 unspecified atom stereocenters. The van der Waals surface area contributed by atoms with Crippen molar-refractivity contribution in [3.8, 4) is 11.3 Å². The molecule has 0 saturated carbocycles. The molecule has 0 aliphatic carbocycles. The molecule has 26 heavy (non-hydrogen) atoms. The number of unbranched alkanes of at least 4 members (excludes halogenated alkanes) is 1. The molecule has 1 aromatic heterocycles. The van der Waals surface area contributed by atoms with Crippen molar-refractivity contribution in [3.05, 3.63) is 29.6 Å². The molecule has 2 aromatic rings. The minimum Gasteiger partial charge on any atom is -0.348 e. The molecule has 0 bridgehead atoms. The van der Waals surface area contributed by atoms with E-state index in [1.165, 1.54) is 12.8 Å². The monoisotopic (exact) mass is 371 g/mol. The lowest BCUT2D eigenvalue weighted by molar-refractivity contribution is -0.120. The largest absolute Gasteiger partial charge is 0.348 e. The zero-order valence-corrected chi connectivity index (χ0v) is 16.6. The van der Waals surface area contributed by atoms with Gasteiger partial charge in [-0.25, -0.2) is 4.98 Å². The van der Waals surface area contributed by atoms with E-state index >= 15 is 0 Å². The van der Waals surface area contributed by atoms with Gasteiger partial charge in [-0.15, -0.1) is 11.3 Å². The molecule has 1 aromatic carbocycles. The van der Waals surface area contributed by atoms with Crippen molar-refractivity contribution in [2.45, 2.75) is 52.4 Å². The van der Waals surface area contributed by atoms with Crippen LogP contribution in [-0.2, 0) is 4.79 Å². The van der Waals surface area contributed by atoms with Crippen LogP contribution in [0.5, 0.6) is 0 Å². The standard InChI is InChI=1S/C21H29N3OS/c1-3-5-8-16(4-2)20(25)22-18-11-9-17(10-12-18)19-15-26-21(23-19)24-13-6-7-14-24/h9-12,15-16H,3-8,13-14H2,1-2H3,(H,22,25)/t16-/m0/s1. The molecule has 1 N–H and O–H groups in total. The van der Waals surface area contributed by atoms with Gasteiger partial charge in [-0.05, 0) is 37.8 Å². The van der Waals surface area contributed by atoms with Crippen molar-refractivity contribution in [3.63, 3.8) is 0 Å². The summed E-state index contributed by atoms with van der Waals surface area (Å²) in [7, 11) is 0. The van der Waals surface area contributed by atoms with Crippen LogP contribution in [0.2, 0.25) is 0 Å². The van der Waals surface area contributed by atoms with Crippen LogP contribution >= 0.6 is 11.3 Å². The molecule has 5 heteroatoms. The first-order chi connectivity index (χ1) is 12.7. The smallest absolute Gasteiger partial charge is 0.227 e. The molecule has 0 spiro atoms. The van der Waals surface area contributed by atoms with Crippen LogP contribution in [0.3, 0.4) is 0 Å². The fourth-order valence-corrected chi connectivity index (χ4v) is 4.28. The average Bonchev–Trinajstić information content (AvgIpc) is 3.34. The van der Waals surface area contributed by atoms with Crippen molar-refractivity contribution in [1.29, 1.82) is 0 Å². The number of carbonyl (C=O) groups is 1. The van der Waals surface area contributed by atoms with Gasteiger partial charge in [0.25, 0.3) is 0 Å². The highest BCUT2D eigenvalue weighted by atomic mass is 32.1. The third-order valence-electron chi connectivity index (χ3n) is 5.09. The van der Waals surface area contributed by atoms with E-state index in [1.54, 1.807) is 11.3 Å². The van der Waals surface area contributed by atoms with E-state index in [-0.39, 0.29) is 11.8 Å². The molecular formula is C21H29N3OS. The Kier molecular flexibility index (Phi) is 6.67. The number of hydrogen-bond acceptors (Lipinski definition) is 4. The summed E-state index contributed by atoms with van der Waals surface area (Å²) in [6, 6.07) is 8.06. The van der Waals surface area contributed by atoms with Crippen LogP contribution < -0.4 is 10.2 Å². The number of anilines is 2. The van der Waals surface area contributed by atoms with Crippen molar-refractivity contribution in [1.82, 2.24) is 4.98 Å². The topological polar surface area (TPSA) is 45.2 Å². The lowest BCUT2D eigenvalue weighted by atomic mass is 9.98. The van der Waals surface area contributed by atoms with Gasteiger partial charge in [-0.2, -0.15) is 0 Å². The van der Waals surface area contributed by atoms with Crippen LogP contribution in [0.25, 0.3) is 11.3 Å². The molecule has 4 nitrogen and oxygen atoms in total. The Bertz CT molecular complexity index is 704. The predicted molar refractivity (Wildman–Crippen MR) is 111 cm³/mol. The van der Waals surface area contributed by atoms with E-state index in [1.807, 2.05) is 24.3 Å². The summed E-state index contributed by atoms with van der Waals surface area (Å²) in [4.78, 5) is 19.6. The highest BCUT2D eigenvalue weighted by Gasteiger charge is 2.17. The average molecular weight is 372 g/mol. The summed E-state index contributed by atoms with van der Waals surface area (Å²) in [5, 5.41) is 6.31. The number of thiazole rings is 1. The number of benzene rings is 1. The van der Waals surface area contributed by atoms with Crippen molar-refractivity contribution >= 4 is 28.1 Å². The number of nitrogens with one attached hydrogen (secondary N) is 1. The van der Waals surface area contributed by atoms with Crippen LogP contribution in [0.1, 0.15) is 52.4 Å². The summed E-state index contributed by atoms with van der Waals surface area (Å²) in [6.45, 7) is 6.49. The maximum Gasteiger partial charge on any atom is 0.227 e. The molecule has 1 aliphatic heterocycles. The second-order valence-electron chi connectivity index (χ2n) is 7.02. The first-order valence-corrected chi connectivity index (χ1v) is 10.7. The number of nitrogens with zero attached hydrogens (tertiary/aromatic N) is 2. The molecule has 1 amide bonds. The molecule has 1 aliphatic rings. The van der Waals surface area contributed by atoms with Gasteiger partial charge in [-0.1, -0.05) is 38.8 Å². The van der Waals surface area contributed by atoms with Crippen molar-refractivity contribution in [2.24, 2.45) is 5.92 Å². The predicted octanol–water partition coefficient (Wildman–Crippen LogP) is 5.57. The molecule has 3 rings (SSSR count). The number of rotatable bonds is 8. The number of aromatic nitrogens is 1. The van der Waals surface area contributed by atoms with Gasteiger partial charge in [0.1, 0.15) is 0 Å². The van der Waals surface area contributed by atoms with E-state index in [2.05, 4.69) is 29.4 Å². The molecule has 1 saturated heterocycles. The third kappa shape index (κ3) is 4.64. The Morgan fingerprint density at radius 1 is 1.23 bits per heavy atom. The molecule has 1 atom stereocenters. The zero-order valence-electron chi connectivity index (χ0n) is 15.8. The van der Waals surface area contributed by atoms with E-state index in [0.29, 0.717) is 0 Å². The highest BCUT2D eigenvalue weighted by Crippen LogP contribution is 2.30. The van der Waals surface area contributed by atoms with Gasteiger partial charge < -0.3 is 10.2 Å². The lowest BCUT2D eigenvalue weighted by Crippen LogP contribution is -2.22. The second-order valence-corrected chi connectivity index (χ2v) is 7.86.